The number of hydrogen-bond donors (Lipinski definition) is 2. The number of aliphatic hydroxyl groups excluding tert-OH is 1. The molecule has 0 saturated heterocycles. The molecule has 0 unspecified atom stereocenters. The number of ether oxygens (including phenoxy) is 1. The molecule has 0 aliphatic rings. The summed E-state index contributed by atoms with van der Waals surface area (Å²) in [6, 6.07) is 0. The third-order valence-corrected chi connectivity index (χ3v) is 7.34. The molecule has 0 aromatic rings. The number of aliphatic carboxylic acids is 1. The van der Waals surface area contributed by atoms with Crippen molar-refractivity contribution in [2.45, 2.75) is 180 Å². The molecule has 0 aromatic heterocycles. The van der Waals surface area contributed by atoms with Crippen LogP contribution in [0.2, 0.25) is 0 Å². The highest BCUT2D eigenvalue weighted by atomic mass is 16.5. The lowest BCUT2D eigenvalue weighted by Gasteiger charge is -2.06. The summed E-state index contributed by atoms with van der Waals surface area (Å²) in [4.78, 5) is 22.3. The van der Waals surface area contributed by atoms with Crippen LogP contribution >= 0.6 is 0 Å². The van der Waals surface area contributed by atoms with Crippen LogP contribution in [-0.4, -0.2) is 35.4 Å². The normalized spacial score (nSPS) is 11.2. The van der Waals surface area contributed by atoms with E-state index in [0.717, 1.165) is 44.9 Å². The Labute approximate surface area is 229 Å². The molecule has 0 amide bonds. The van der Waals surface area contributed by atoms with Gasteiger partial charge in [0, 0.05) is 19.4 Å². The Kier molecular flexibility index (Phi) is 30.2. The number of unbranched alkanes of at least 4 members (excludes halogenated alkanes) is 24. The number of carbonyl (C=O) groups is 2. The molecule has 0 heterocycles. The zero-order valence-corrected chi connectivity index (χ0v) is 24.3. The van der Waals surface area contributed by atoms with E-state index in [2.05, 4.69) is 0 Å². The summed E-state index contributed by atoms with van der Waals surface area (Å²) < 4.78 is 5.39. The van der Waals surface area contributed by atoms with Crippen LogP contribution in [0.1, 0.15) is 180 Å². The van der Waals surface area contributed by atoms with Gasteiger partial charge in [0.1, 0.15) is 0 Å². The van der Waals surface area contributed by atoms with Crippen molar-refractivity contribution < 1.29 is 24.5 Å². The predicted molar refractivity (Wildman–Crippen MR) is 155 cm³/mol. The minimum absolute atomic E-state index is 0.0131. The third-order valence-electron chi connectivity index (χ3n) is 7.34. The van der Waals surface area contributed by atoms with E-state index >= 15 is 0 Å². The minimum atomic E-state index is -0.673. The number of carboxylic acid groups (broad SMARTS) is 1. The zero-order chi connectivity index (χ0) is 27.1. The molecule has 0 aromatic carbocycles. The highest BCUT2D eigenvalue weighted by Crippen LogP contribution is 2.14. The third kappa shape index (κ3) is 32.9. The Morgan fingerprint density at radius 1 is 0.405 bits per heavy atom. The van der Waals surface area contributed by atoms with Crippen LogP contribution in [0, 0.1) is 0 Å². The quantitative estimate of drug-likeness (QED) is 0.0694. The Morgan fingerprint density at radius 3 is 1.05 bits per heavy atom. The molecule has 0 atom stereocenters. The molecule has 0 spiro atoms. The fourth-order valence-corrected chi connectivity index (χ4v) is 4.91. The molecule has 220 valence electrons. The lowest BCUT2D eigenvalue weighted by Crippen LogP contribution is -2.05. The Balaban J connectivity index is 3.15. The van der Waals surface area contributed by atoms with E-state index in [4.69, 9.17) is 14.9 Å². The Hall–Kier alpha value is -1.10. The van der Waals surface area contributed by atoms with Gasteiger partial charge in [0.05, 0.1) is 6.61 Å². The van der Waals surface area contributed by atoms with E-state index in [0.29, 0.717) is 26.1 Å². The van der Waals surface area contributed by atoms with Crippen LogP contribution in [-0.2, 0) is 14.3 Å². The van der Waals surface area contributed by atoms with Gasteiger partial charge in [0.2, 0.25) is 0 Å². The average molecular weight is 527 g/mol. The van der Waals surface area contributed by atoms with Crippen LogP contribution in [0.25, 0.3) is 0 Å². The van der Waals surface area contributed by atoms with Crippen LogP contribution in [0.4, 0.5) is 0 Å². The number of esters is 1. The number of carbonyl (C=O) groups excluding carboxylic acids is 1. The number of aliphatic hydroxyl groups is 1. The first-order valence-electron chi connectivity index (χ1n) is 16.1. The lowest BCUT2D eigenvalue weighted by molar-refractivity contribution is -0.144. The number of hydrogen-bond acceptors (Lipinski definition) is 4. The van der Waals surface area contributed by atoms with Crippen molar-refractivity contribution in [3.8, 4) is 0 Å². The van der Waals surface area contributed by atoms with Crippen LogP contribution in [0.15, 0.2) is 0 Å². The average Bonchev–Trinajstić information content (AvgIpc) is 2.88. The molecule has 2 N–H and O–H groups in total. The standard InChI is InChI=1S/C32H62O5/c33-29-25-21-17-13-9-5-1-4-8-12-16-20-24-28-32(36)37-30-26-22-18-14-10-6-2-3-7-11-15-19-23-27-31(34)35/h33H,1-30H2,(H,34,35). The Morgan fingerprint density at radius 2 is 0.703 bits per heavy atom. The molecule has 5 heteroatoms. The second-order valence-corrected chi connectivity index (χ2v) is 11.0. The maximum absolute atomic E-state index is 11.9. The van der Waals surface area contributed by atoms with Gasteiger partial charge in [-0.3, -0.25) is 9.59 Å². The summed E-state index contributed by atoms with van der Waals surface area (Å²) in [7, 11) is 0. The van der Waals surface area contributed by atoms with Gasteiger partial charge in [-0.1, -0.05) is 141 Å². The molecular weight excluding hydrogens is 464 g/mol. The topological polar surface area (TPSA) is 83.8 Å². The van der Waals surface area contributed by atoms with Crippen molar-refractivity contribution in [3.05, 3.63) is 0 Å². The van der Waals surface area contributed by atoms with Crippen molar-refractivity contribution in [2.75, 3.05) is 13.2 Å². The molecule has 5 nitrogen and oxygen atoms in total. The molecule has 0 radical (unpaired) electrons. The predicted octanol–water partition coefficient (Wildman–Crippen LogP) is 9.53. The first kappa shape index (κ1) is 35.9. The summed E-state index contributed by atoms with van der Waals surface area (Å²) in [6.45, 7) is 0.930. The van der Waals surface area contributed by atoms with E-state index in [1.54, 1.807) is 0 Å². The molecule has 0 aliphatic heterocycles. The van der Waals surface area contributed by atoms with Crippen molar-refractivity contribution in [1.82, 2.24) is 0 Å². The molecule has 0 aliphatic carbocycles. The number of carboxylic acids is 1. The van der Waals surface area contributed by atoms with Gasteiger partial charge in [-0.25, -0.2) is 0 Å². The second kappa shape index (κ2) is 31.1. The monoisotopic (exact) mass is 526 g/mol. The molecule has 0 saturated carbocycles. The van der Waals surface area contributed by atoms with Gasteiger partial charge in [-0.05, 0) is 25.7 Å². The summed E-state index contributed by atoms with van der Waals surface area (Å²) in [5.41, 5.74) is 0. The largest absolute Gasteiger partial charge is 0.481 e. The molecule has 0 bridgehead atoms. The SMILES string of the molecule is O=C(O)CCCCCCCCCCCCCCCOC(=O)CCCCCCCCCCCCCCCO. The summed E-state index contributed by atoms with van der Waals surface area (Å²) in [5, 5.41) is 17.4. The minimum Gasteiger partial charge on any atom is -0.481 e. The van der Waals surface area contributed by atoms with Gasteiger partial charge in [0.15, 0.2) is 0 Å². The summed E-state index contributed by atoms with van der Waals surface area (Å²) in [5.74, 6) is -0.687. The van der Waals surface area contributed by atoms with Crippen molar-refractivity contribution in [3.63, 3.8) is 0 Å². The van der Waals surface area contributed by atoms with E-state index < -0.39 is 5.97 Å². The van der Waals surface area contributed by atoms with Crippen molar-refractivity contribution in [2.24, 2.45) is 0 Å². The fourth-order valence-electron chi connectivity index (χ4n) is 4.91. The van der Waals surface area contributed by atoms with Gasteiger partial charge in [-0.2, -0.15) is 0 Å². The van der Waals surface area contributed by atoms with Crippen LogP contribution in [0.3, 0.4) is 0 Å². The van der Waals surface area contributed by atoms with E-state index in [1.165, 1.54) is 122 Å². The van der Waals surface area contributed by atoms with E-state index in [9.17, 15) is 9.59 Å². The smallest absolute Gasteiger partial charge is 0.305 e. The fraction of sp³-hybridized carbons (Fsp3) is 0.938. The molecule has 37 heavy (non-hydrogen) atoms. The van der Waals surface area contributed by atoms with Crippen LogP contribution in [0.5, 0.6) is 0 Å². The first-order chi connectivity index (χ1) is 18.2. The first-order valence-corrected chi connectivity index (χ1v) is 16.1. The molecule has 0 rings (SSSR count). The van der Waals surface area contributed by atoms with Gasteiger partial charge in [-0.15, -0.1) is 0 Å². The van der Waals surface area contributed by atoms with Gasteiger partial charge in [0.25, 0.3) is 0 Å². The highest BCUT2D eigenvalue weighted by Gasteiger charge is 2.03. The van der Waals surface area contributed by atoms with Gasteiger partial charge >= 0.3 is 11.9 Å². The maximum atomic E-state index is 11.9. The zero-order valence-electron chi connectivity index (χ0n) is 24.3. The van der Waals surface area contributed by atoms with Gasteiger partial charge < -0.3 is 14.9 Å². The lowest BCUT2D eigenvalue weighted by atomic mass is 10.0. The second-order valence-electron chi connectivity index (χ2n) is 11.0. The Bertz CT molecular complexity index is 480. The van der Waals surface area contributed by atoms with Crippen LogP contribution < -0.4 is 0 Å². The maximum Gasteiger partial charge on any atom is 0.305 e. The molecule has 0 fully saturated rings. The van der Waals surface area contributed by atoms with Crippen molar-refractivity contribution >= 4 is 11.9 Å². The highest BCUT2D eigenvalue weighted by molar-refractivity contribution is 5.69. The summed E-state index contributed by atoms with van der Waals surface area (Å²) in [6.07, 6.45) is 32.5. The van der Waals surface area contributed by atoms with E-state index in [-0.39, 0.29) is 5.97 Å². The van der Waals surface area contributed by atoms with E-state index in [1.807, 2.05) is 0 Å². The summed E-state index contributed by atoms with van der Waals surface area (Å²) >= 11 is 0. The molecular formula is C32H62O5. The van der Waals surface area contributed by atoms with Crippen molar-refractivity contribution in [1.29, 1.82) is 0 Å². The number of rotatable bonds is 31.